The Balaban J connectivity index is 1.47. The number of hydrogen-bond donors (Lipinski definition) is 1. The van der Waals surface area contributed by atoms with Crippen molar-refractivity contribution in [3.63, 3.8) is 0 Å². The Hall–Kier alpha value is -1.19. The highest BCUT2D eigenvalue weighted by Gasteiger charge is 2.10. The van der Waals surface area contributed by atoms with E-state index in [2.05, 4.69) is 40.8 Å². The summed E-state index contributed by atoms with van der Waals surface area (Å²) in [5.74, 6) is 0. The van der Waals surface area contributed by atoms with Gasteiger partial charge in [0.15, 0.2) is 0 Å². The van der Waals surface area contributed by atoms with Crippen LogP contribution < -0.4 is 5.32 Å². The molecule has 0 unspecified atom stereocenters. The lowest BCUT2D eigenvalue weighted by Crippen LogP contribution is -2.16. The lowest BCUT2D eigenvalue weighted by atomic mass is 10.1. The van der Waals surface area contributed by atoms with Crippen LogP contribution in [0.5, 0.6) is 0 Å². The number of thiazole rings is 1. The van der Waals surface area contributed by atoms with Gasteiger partial charge in [-0.3, -0.25) is 0 Å². The molecule has 19 heavy (non-hydrogen) atoms. The third-order valence-corrected chi connectivity index (χ3v) is 4.54. The van der Waals surface area contributed by atoms with Crippen molar-refractivity contribution < 1.29 is 0 Å². The third kappa shape index (κ3) is 3.23. The van der Waals surface area contributed by atoms with E-state index in [1.165, 1.54) is 30.5 Å². The van der Waals surface area contributed by atoms with E-state index in [-0.39, 0.29) is 0 Å². The fourth-order valence-corrected chi connectivity index (χ4v) is 3.35. The quantitative estimate of drug-likeness (QED) is 0.845. The van der Waals surface area contributed by atoms with Crippen molar-refractivity contribution in [2.24, 2.45) is 0 Å². The monoisotopic (exact) mass is 272 g/mol. The van der Waals surface area contributed by atoms with Gasteiger partial charge in [-0.1, -0.05) is 18.2 Å². The molecule has 1 aliphatic rings. The van der Waals surface area contributed by atoms with Gasteiger partial charge >= 0.3 is 0 Å². The second-order valence-corrected chi connectivity index (χ2v) is 6.30. The van der Waals surface area contributed by atoms with Crippen molar-refractivity contribution in [1.29, 1.82) is 0 Å². The summed E-state index contributed by atoms with van der Waals surface area (Å²) in [5.41, 5.74) is 5.75. The highest BCUT2D eigenvalue weighted by atomic mass is 32.1. The van der Waals surface area contributed by atoms with Gasteiger partial charge < -0.3 is 5.32 Å². The lowest BCUT2D eigenvalue weighted by molar-refractivity contribution is 0.680. The fourth-order valence-electron chi connectivity index (χ4n) is 2.71. The van der Waals surface area contributed by atoms with Crippen LogP contribution in [0, 0.1) is 6.92 Å². The highest BCUT2D eigenvalue weighted by molar-refractivity contribution is 7.09. The van der Waals surface area contributed by atoms with Crippen LogP contribution in [0.3, 0.4) is 0 Å². The van der Waals surface area contributed by atoms with Gasteiger partial charge in [0.1, 0.15) is 0 Å². The standard InChI is InChI=1S/C16H20N2S/c1-12-18-16(11-19-12)7-8-17-10-13-5-6-14-3-2-4-15(14)9-13/h5-6,9,11,17H,2-4,7-8,10H2,1H3. The Morgan fingerprint density at radius 1 is 1.26 bits per heavy atom. The van der Waals surface area contributed by atoms with E-state index >= 15 is 0 Å². The zero-order valence-electron chi connectivity index (χ0n) is 11.4. The first-order chi connectivity index (χ1) is 9.31. The molecule has 2 nitrogen and oxygen atoms in total. The summed E-state index contributed by atoms with van der Waals surface area (Å²) in [6.45, 7) is 4.03. The summed E-state index contributed by atoms with van der Waals surface area (Å²) in [6.07, 6.45) is 4.89. The SMILES string of the molecule is Cc1nc(CCNCc2ccc3c(c2)CCC3)cs1. The Morgan fingerprint density at radius 2 is 2.16 bits per heavy atom. The van der Waals surface area contributed by atoms with Gasteiger partial charge in [-0.25, -0.2) is 4.98 Å². The maximum absolute atomic E-state index is 4.48. The van der Waals surface area contributed by atoms with Gasteiger partial charge in [0, 0.05) is 24.9 Å². The average Bonchev–Trinajstić information content (AvgIpc) is 3.03. The maximum Gasteiger partial charge on any atom is 0.0897 e. The molecule has 0 fully saturated rings. The van der Waals surface area contributed by atoms with Gasteiger partial charge in [-0.05, 0) is 42.9 Å². The zero-order chi connectivity index (χ0) is 13.1. The number of rotatable bonds is 5. The first kappa shape index (κ1) is 12.8. The number of benzene rings is 1. The first-order valence-corrected chi connectivity index (χ1v) is 7.91. The summed E-state index contributed by atoms with van der Waals surface area (Å²) in [4.78, 5) is 4.48. The molecule has 1 aliphatic carbocycles. The topological polar surface area (TPSA) is 24.9 Å². The predicted octanol–water partition coefficient (Wildman–Crippen LogP) is 3.27. The van der Waals surface area contributed by atoms with E-state index < -0.39 is 0 Å². The van der Waals surface area contributed by atoms with Gasteiger partial charge in [-0.15, -0.1) is 11.3 Å². The molecule has 1 N–H and O–H groups in total. The highest BCUT2D eigenvalue weighted by Crippen LogP contribution is 2.22. The third-order valence-electron chi connectivity index (χ3n) is 3.72. The van der Waals surface area contributed by atoms with Crippen molar-refractivity contribution in [2.45, 2.75) is 39.2 Å². The molecule has 1 heterocycles. The molecular weight excluding hydrogens is 252 g/mol. The Kier molecular flexibility index (Phi) is 3.95. The van der Waals surface area contributed by atoms with Gasteiger partial charge in [0.05, 0.1) is 10.7 Å². The largest absolute Gasteiger partial charge is 0.312 e. The molecule has 0 atom stereocenters. The number of nitrogens with one attached hydrogen (secondary N) is 1. The maximum atomic E-state index is 4.48. The summed E-state index contributed by atoms with van der Waals surface area (Å²) >= 11 is 1.73. The van der Waals surface area contributed by atoms with Gasteiger partial charge in [0.25, 0.3) is 0 Å². The van der Waals surface area contributed by atoms with Crippen molar-refractivity contribution in [1.82, 2.24) is 10.3 Å². The van der Waals surface area contributed by atoms with Gasteiger partial charge in [-0.2, -0.15) is 0 Å². The second kappa shape index (κ2) is 5.85. The fraction of sp³-hybridized carbons (Fsp3) is 0.438. The van der Waals surface area contributed by atoms with E-state index in [9.17, 15) is 0 Å². The molecule has 0 radical (unpaired) electrons. The molecule has 3 rings (SSSR count). The van der Waals surface area contributed by atoms with Crippen LogP contribution in [0.15, 0.2) is 23.6 Å². The summed E-state index contributed by atoms with van der Waals surface area (Å²) in [7, 11) is 0. The molecule has 1 aromatic carbocycles. The van der Waals surface area contributed by atoms with E-state index in [0.29, 0.717) is 0 Å². The predicted molar refractivity (Wildman–Crippen MR) is 80.7 cm³/mol. The van der Waals surface area contributed by atoms with E-state index in [1.807, 2.05) is 0 Å². The smallest absolute Gasteiger partial charge is 0.0897 e. The molecule has 0 aliphatic heterocycles. The van der Waals surface area contributed by atoms with Crippen LogP contribution in [-0.4, -0.2) is 11.5 Å². The van der Waals surface area contributed by atoms with Crippen LogP contribution in [0.25, 0.3) is 0 Å². The average molecular weight is 272 g/mol. The van der Waals surface area contributed by atoms with Crippen LogP contribution in [0.1, 0.15) is 33.8 Å². The number of fused-ring (bicyclic) bond motifs is 1. The molecule has 0 amide bonds. The Bertz CT molecular complexity index is 560. The molecule has 0 spiro atoms. The van der Waals surface area contributed by atoms with Crippen molar-refractivity contribution in [3.8, 4) is 0 Å². The molecule has 1 aromatic heterocycles. The van der Waals surface area contributed by atoms with Crippen molar-refractivity contribution in [2.75, 3.05) is 6.54 Å². The number of nitrogens with zero attached hydrogens (tertiary/aromatic N) is 1. The van der Waals surface area contributed by atoms with E-state index in [4.69, 9.17) is 0 Å². The van der Waals surface area contributed by atoms with E-state index in [0.717, 1.165) is 24.5 Å². The zero-order valence-corrected chi connectivity index (χ0v) is 12.2. The molecule has 2 aromatic rings. The summed E-state index contributed by atoms with van der Waals surface area (Å²) in [5, 5.41) is 6.84. The Labute approximate surface area is 118 Å². The summed E-state index contributed by atoms with van der Waals surface area (Å²) in [6, 6.07) is 6.95. The lowest BCUT2D eigenvalue weighted by Gasteiger charge is -2.06. The van der Waals surface area contributed by atoms with Crippen LogP contribution in [-0.2, 0) is 25.8 Å². The van der Waals surface area contributed by atoms with Crippen molar-refractivity contribution >= 4 is 11.3 Å². The minimum atomic E-state index is 0.969. The van der Waals surface area contributed by atoms with Crippen molar-refractivity contribution in [3.05, 3.63) is 51.0 Å². The first-order valence-electron chi connectivity index (χ1n) is 7.04. The molecule has 3 heteroatoms. The number of aryl methyl sites for hydroxylation is 3. The minimum Gasteiger partial charge on any atom is -0.312 e. The minimum absolute atomic E-state index is 0.969. The van der Waals surface area contributed by atoms with Crippen LogP contribution in [0.4, 0.5) is 0 Å². The molecule has 0 saturated heterocycles. The van der Waals surface area contributed by atoms with Crippen LogP contribution >= 0.6 is 11.3 Å². The molecule has 100 valence electrons. The second-order valence-electron chi connectivity index (χ2n) is 5.24. The molecule has 0 bridgehead atoms. The number of aromatic nitrogens is 1. The summed E-state index contributed by atoms with van der Waals surface area (Å²) < 4.78 is 0. The van der Waals surface area contributed by atoms with E-state index in [1.54, 1.807) is 22.5 Å². The Morgan fingerprint density at radius 3 is 3.00 bits per heavy atom. The number of hydrogen-bond acceptors (Lipinski definition) is 3. The molecular formula is C16H20N2S. The normalized spacial score (nSPS) is 13.7. The molecule has 0 saturated carbocycles. The van der Waals surface area contributed by atoms with Crippen LogP contribution in [0.2, 0.25) is 0 Å². The van der Waals surface area contributed by atoms with Gasteiger partial charge in [0.2, 0.25) is 0 Å².